The Labute approximate surface area is 179 Å². The Balaban J connectivity index is 1.44. The van der Waals surface area contributed by atoms with Gasteiger partial charge in [0.25, 0.3) is 5.91 Å². The number of hydrogen-bond donors (Lipinski definition) is 2. The smallest absolute Gasteiger partial charge is 0.316 e. The van der Waals surface area contributed by atoms with Crippen molar-refractivity contribution in [1.82, 2.24) is 24.8 Å². The van der Waals surface area contributed by atoms with E-state index in [1.807, 2.05) is 12.1 Å². The molecule has 0 radical (unpaired) electrons. The van der Waals surface area contributed by atoms with Crippen molar-refractivity contribution < 1.29 is 4.79 Å². The average molecular weight is 422 g/mol. The van der Waals surface area contributed by atoms with Crippen LogP contribution in [-0.4, -0.2) is 58.6 Å². The van der Waals surface area contributed by atoms with Crippen LogP contribution in [0.2, 0.25) is 0 Å². The Morgan fingerprint density at radius 2 is 1.90 bits per heavy atom. The molecule has 2 aromatic heterocycles. The minimum atomic E-state index is -0.696. The van der Waals surface area contributed by atoms with Crippen LogP contribution in [0.4, 0.5) is 5.82 Å². The van der Waals surface area contributed by atoms with E-state index in [1.54, 1.807) is 31.3 Å². The number of nitrogens with zero attached hydrogens (tertiary/aromatic N) is 4. The average Bonchev–Trinajstić information content (AvgIpc) is 2.79. The summed E-state index contributed by atoms with van der Waals surface area (Å²) in [4.78, 5) is 48.1. The molecule has 0 saturated carbocycles. The molecule has 31 heavy (non-hydrogen) atoms. The van der Waals surface area contributed by atoms with E-state index in [0.29, 0.717) is 29.7 Å². The number of likely N-dealkylation sites (N-methyl/N-ethyl adjacent to an activating group) is 1. The van der Waals surface area contributed by atoms with Gasteiger partial charge in [0.1, 0.15) is 5.82 Å². The zero-order valence-corrected chi connectivity index (χ0v) is 17.7. The van der Waals surface area contributed by atoms with Crippen LogP contribution in [0.25, 0.3) is 11.0 Å². The fourth-order valence-electron chi connectivity index (χ4n) is 3.76. The Kier molecular flexibility index (Phi) is 5.85. The van der Waals surface area contributed by atoms with Gasteiger partial charge in [-0.1, -0.05) is 6.07 Å². The number of piperazine rings is 1. The molecule has 162 valence electrons. The van der Waals surface area contributed by atoms with Crippen molar-refractivity contribution in [3.63, 3.8) is 0 Å². The zero-order valence-electron chi connectivity index (χ0n) is 17.7. The van der Waals surface area contributed by atoms with Gasteiger partial charge < -0.3 is 24.7 Å². The summed E-state index contributed by atoms with van der Waals surface area (Å²) < 4.78 is 1.39. The van der Waals surface area contributed by atoms with E-state index >= 15 is 0 Å². The van der Waals surface area contributed by atoms with Crippen molar-refractivity contribution in [3.8, 4) is 0 Å². The standard InChI is InChI=1S/C22H26N6O3/c1-3-28-18-6-5-16(12-17(18)25-21(30)22(28)31)20(29)24-14-15-4-7-19(23-13-15)27-10-8-26(2)9-11-27/h4-7,12-13H,3,8-11,14H2,1-2H3,(H,24,29)(H,25,30). The number of benzene rings is 1. The van der Waals surface area contributed by atoms with E-state index in [2.05, 4.69) is 32.1 Å². The second-order valence-corrected chi connectivity index (χ2v) is 7.73. The molecule has 1 aromatic carbocycles. The first-order valence-corrected chi connectivity index (χ1v) is 10.4. The first-order valence-electron chi connectivity index (χ1n) is 10.4. The SMILES string of the molecule is CCn1c(=O)c(=O)[nH]c2cc(C(=O)NCc3ccc(N4CCN(C)CC4)nc3)ccc21. The van der Waals surface area contributed by atoms with Gasteiger partial charge in [0, 0.05) is 51.0 Å². The lowest BCUT2D eigenvalue weighted by molar-refractivity contribution is 0.0951. The van der Waals surface area contributed by atoms with E-state index < -0.39 is 11.1 Å². The zero-order chi connectivity index (χ0) is 22.0. The number of nitrogens with one attached hydrogen (secondary N) is 2. The molecule has 4 rings (SSSR count). The van der Waals surface area contributed by atoms with Crippen LogP contribution in [0.1, 0.15) is 22.8 Å². The van der Waals surface area contributed by atoms with Crippen molar-refractivity contribution in [2.24, 2.45) is 0 Å². The maximum atomic E-state index is 12.6. The molecular weight excluding hydrogens is 396 g/mol. The Morgan fingerprint density at radius 3 is 2.58 bits per heavy atom. The van der Waals surface area contributed by atoms with Crippen molar-refractivity contribution in [1.29, 1.82) is 0 Å². The first-order chi connectivity index (χ1) is 15.0. The maximum Gasteiger partial charge on any atom is 0.316 e. The third-order valence-electron chi connectivity index (χ3n) is 5.64. The van der Waals surface area contributed by atoms with Gasteiger partial charge in [-0.2, -0.15) is 0 Å². The summed E-state index contributed by atoms with van der Waals surface area (Å²) in [6, 6.07) is 8.87. The van der Waals surface area contributed by atoms with Crippen LogP contribution in [-0.2, 0) is 13.1 Å². The predicted octanol–water partition coefficient (Wildman–Crippen LogP) is 0.787. The highest BCUT2D eigenvalue weighted by Gasteiger charge is 2.15. The molecule has 2 N–H and O–H groups in total. The summed E-state index contributed by atoms with van der Waals surface area (Å²) in [6.45, 7) is 6.46. The van der Waals surface area contributed by atoms with Crippen LogP contribution in [0.5, 0.6) is 0 Å². The fraction of sp³-hybridized carbons (Fsp3) is 0.364. The molecule has 0 unspecified atom stereocenters. The van der Waals surface area contributed by atoms with Gasteiger partial charge in [-0.25, -0.2) is 4.98 Å². The summed E-state index contributed by atoms with van der Waals surface area (Å²) in [7, 11) is 2.12. The van der Waals surface area contributed by atoms with Crippen molar-refractivity contribution in [2.75, 3.05) is 38.1 Å². The number of fused-ring (bicyclic) bond motifs is 1. The highest BCUT2D eigenvalue weighted by molar-refractivity contribution is 5.97. The number of hydrogen-bond acceptors (Lipinski definition) is 6. The molecule has 1 fully saturated rings. The van der Waals surface area contributed by atoms with Gasteiger partial charge in [-0.15, -0.1) is 0 Å². The fourth-order valence-corrected chi connectivity index (χ4v) is 3.76. The second kappa shape index (κ2) is 8.73. The lowest BCUT2D eigenvalue weighted by Crippen LogP contribution is -2.44. The lowest BCUT2D eigenvalue weighted by Gasteiger charge is -2.33. The molecule has 3 aromatic rings. The molecule has 0 spiro atoms. The van der Waals surface area contributed by atoms with Crippen molar-refractivity contribution in [3.05, 3.63) is 68.4 Å². The lowest BCUT2D eigenvalue weighted by atomic mass is 10.1. The maximum absolute atomic E-state index is 12.6. The van der Waals surface area contributed by atoms with Crippen LogP contribution in [0.3, 0.4) is 0 Å². The van der Waals surface area contributed by atoms with Gasteiger partial charge in [0.15, 0.2) is 0 Å². The second-order valence-electron chi connectivity index (χ2n) is 7.73. The number of carbonyl (C=O) groups is 1. The summed E-state index contributed by atoms with van der Waals surface area (Å²) in [5, 5.41) is 2.88. The van der Waals surface area contributed by atoms with Crippen molar-refractivity contribution in [2.45, 2.75) is 20.0 Å². The van der Waals surface area contributed by atoms with Gasteiger partial charge in [0.05, 0.1) is 11.0 Å². The molecule has 9 heteroatoms. The largest absolute Gasteiger partial charge is 0.354 e. The highest BCUT2D eigenvalue weighted by atomic mass is 16.2. The number of anilines is 1. The molecule has 9 nitrogen and oxygen atoms in total. The monoisotopic (exact) mass is 422 g/mol. The number of amides is 1. The van der Waals surface area contributed by atoms with E-state index in [-0.39, 0.29) is 5.91 Å². The van der Waals surface area contributed by atoms with Crippen LogP contribution in [0.15, 0.2) is 46.1 Å². The van der Waals surface area contributed by atoms with E-state index in [1.165, 1.54) is 4.57 Å². The van der Waals surface area contributed by atoms with Crippen LogP contribution < -0.4 is 21.3 Å². The molecule has 0 atom stereocenters. The molecule has 1 saturated heterocycles. The number of aryl methyl sites for hydroxylation is 1. The quantitative estimate of drug-likeness (QED) is 0.589. The summed E-state index contributed by atoms with van der Waals surface area (Å²) in [5.41, 5.74) is 1.06. The number of pyridine rings is 1. The predicted molar refractivity (Wildman–Crippen MR) is 120 cm³/mol. The summed E-state index contributed by atoms with van der Waals surface area (Å²) in [5.74, 6) is 0.684. The topological polar surface area (TPSA) is 103 Å². The number of rotatable bonds is 5. The minimum absolute atomic E-state index is 0.264. The molecule has 3 heterocycles. The van der Waals surface area contributed by atoms with E-state index in [9.17, 15) is 14.4 Å². The van der Waals surface area contributed by atoms with Crippen LogP contribution in [0, 0.1) is 0 Å². The normalized spacial score (nSPS) is 14.7. The highest BCUT2D eigenvalue weighted by Crippen LogP contribution is 2.14. The molecule has 1 aliphatic rings. The van der Waals surface area contributed by atoms with E-state index in [4.69, 9.17) is 0 Å². The third kappa shape index (κ3) is 4.36. The van der Waals surface area contributed by atoms with E-state index in [0.717, 1.165) is 37.6 Å². The molecule has 0 bridgehead atoms. The number of aromatic nitrogens is 3. The van der Waals surface area contributed by atoms with Gasteiger partial charge in [0.2, 0.25) is 0 Å². The summed E-state index contributed by atoms with van der Waals surface area (Å²) in [6.07, 6.45) is 1.78. The Hall–Kier alpha value is -3.46. The number of H-pyrrole nitrogens is 1. The van der Waals surface area contributed by atoms with Gasteiger partial charge >= 0.3 is 11.1 Å². The Morgan fingerprint density at radius 1 is 1.13 bits per heavy atom. The van der Waals surface area contributed by atoms with Gasteiger partial charge in [-0.3, -0.25) is 14.4 Å². The molecule has 1 aliphatic heterocycles. The molecule has 1 amide bonds. The summed E-state index contributed by atoms with van der Waals surface area (Å²) >= 11 is 0. The minimum Gasteiger partial charge on any atom is -0.354 e. The van der Waals surface area contributed by atoms with Gasteiger partial charge in [-0.05, 0) is 43.8 Å². The van der Waals surface area contributed by atoms with Crippen LogP contribution >= 0.6 is 0 Å². The number of aromatic amines is 1. The number of carbonyl (C=O) groups excluding carboxylic acids is 1. The molecule has 0 aliphatic carbocycles. The third-order valence-corrected chi connectivity index (χ3v) is 5.64. The van der Waals surface area contributed by atoms with Crippen molar-refractivity contribution >= 4 is 22.8 Å². The first kappa shape index (κ1) is 20.8. The molecular formula is C22H26N6O3. The Bertz CT molecular complexity index is 1210.